The van der Waals surface area contributed by atoms with Crippen molar-refractivity contribution in [2.45, 2.75) is 13.3 Å². The number of hydrogen-bond donors (Lipinski definition) is 2. The SMILES string of the molecule is Cc1sc(NC(=O)Cc2ccc(Oc3ncccc3C(N)=O)cc2)nc1-c1ccc(F)cc1. The molecule has 0 fully saturated rings. The van der Waals surface area contributed by atoms with Crippen LogP contribution in [0.15, 0.2) is 66.9 Å². The molecule has 4 aromatic rings. The van der Waals surface area contributed by atoms with Crippen molar-refractivity contribution in [3.8, 4) is 22.9 Å². The lowest BCUT2D eigenvalue weighted by atomic mass is 10.1. The van der Waals surface area contributed by atoms with Gasteiger partial charge >= 0.3 is 0 Å². The first-order chi connectivity index (χ1) is 15.9. The lowest BCUT2D eigenvalue weighted by Gasteiger charge is -2.08. The van der Waals surface area contributed by atoms with Crippen LogP contribution in [0.3, 0.4) is 0 Å². The van der Waals surface area contributed by atoms with E-state index < -0.39 is 5.91 Å². The van der Waals surface area contributed by atoms with Gasteiger partial charge in [-0.2, -0.15) is 0 Å². The number of halogens is 1. The van der Waals surface area contributed by atoms with Gasteiger partial charge in [0.25, 0.3) is 5.91 Å². The second kappa shape index (κ2) is 9.58. The first-order valence-electron chi connectivity index (χ1n) is 9.94. The highest BCUT2D eigenvalue weighted by molar-refractivity contribution is 7.16. The number of aryl methyl sites for hydroxylation is 1. The van der Waals surface area contributed by atoms with Gasteiger partial charge < -0.3 is 15.8 Å². The largest absolute Gasteiger partial charge is 0.438 e. The molecule has 0 spiro atoms. The lowest BCUT2D eigenvalue weighted by Crippen LogP contribution is -2.14. The summed E-state index contributed by atoms with van der Waals surface area (Å²) in [5, 5.41) is 3.29. The summed E-state index contributed by atoms with van der Waals surface area (Å²) in [6.07, 6.45) is 1.64. The Morgan fingerprint density at radius 3 is 2.52 bits per heavy atom. The quantitative estimate of drug-likeness (QED) is 0.413. The normalized spacial score (nSPS) is 10.6. The summed E-state index contributed by atoms with van der Waals surface area (Å²) in [6.45, 7) is 1.90. The summed E-state index contributed by atoms with van der Waals surface area (Å²) in [4.78, 5) is 33.4. The Labute approximate surface area is 193 Å². The Balaban J connectivity index is 1.39. The van der Waals surface area contributed by atoms with Crippen molar-refractivity contribution in [3.63, 3.8) is 0 Å². The minimum absolute atomic E-state index is 0.117. The van der Waals surface area contributed by atoms with E-state index in [0.29, 0.717) is 16.6 Å². The van der Waals surface area contributed by atoms with E-state index in [4.69, 9.17) is 10.5 Å². The number of aromatic nitrogens is 2. The molecular weight excluding hydrogens is 443 g/mol. The van der Waals surface area contributed by atoms with Gasteiger partial charge in [0.05, 0.1) is 12.1 Å². The number of anilines is 1. The van der Waals surface area contributed by atoms with E-state index in [1.807, 2.05) is 6.92 Å². The number of primary amides is 1. The zero-order chi connectivity index (χ0) is 23.4. The predicted molar refractivity (Wildman–Crippen MR) is 124 cm³/mol. The van der Waals surface area contributed by atoms with Crippen molar-refractivity contribution in [1.29, 1.82) is 0 Å². The van der Waals surface area contributed by atoms with Crippen LogP contribution in [0.1, 0.15) is 20.8 Å². The molecule has 0 aliphatic heterocycles. The second-order valence-electron chi connectivity index (χ2n) is 7.12. The summed E-state index contributed by atoms with van der Waals surface area (Å²) >= 11 is 1.36. The molecule has 4 rings (SSSR count). The minimum Gasteiger partial charge on any atom is -0.438 e. The van der Waals surface area contributed by atoms with Crippen LogP contribution in [0.25, 0.3) is 11.3 Å². The number of benzene rings is 2. The van der Waals surface area contributed by atoms with Crippen LogP contribution < -0.4 is 15.8 Å². The van der Waals surface area contributed by atoms with Crippen molar-refractivity contribution < 1.29 is 18.7 Å². The lowest BCUT2D eigenvalue weighted by molar-refractivity contribution is -0.115. The summed E-state index contributed by atoms with van der Waals surface area (Å²) < 4.78 is 18.8. The van der Waals surface area contributed by atoms with Gasteiger partial charge in [-0.05, 0) is 61.0 Å². The third kappa shape index (κ3) is 5.39. The molecule has 3 N–H and O–H groups in total. The van der Waals surface area contributed by atoms with Gasteiger partial charge in [0.15, 0.2) is 5.13 Å². The number of thiazole rings is 1. The van der Waals surface area contributed by atoms with Gasteiger partial charge in [0.1, 0.15) is 17.1 Å². The molecule has 0 saturated heterocycles. The monoisotopic (exact) mass is 462 g/mol. The highest BCUT2D eigenvalue weighted by atomic mass is 32.1. The Bertz CT molecular complexity index is 1300. The average Bonchev–Trinajstić information content (AvgIpc) is 3.15. The highest BCUT2D eigenvalue weighted by Crippen LogP contribution is 2.30. The van der Waals surface area contributed by atoms with Gasteiger partial charge in [-0.1, -0.05) is 12.1 Å². The maximum absolute atomic E-state index is 13.2. The molecule has 2 aromatic carbocycles. The molecule has 0 aliphatic rings. The first-order valence-corrected chi connectivity index (χ1v) is 10.8. The van der Waals surface area contributed by atoms with Crippen LogP contribution >= 0.6 is 11.3 Å². The molecule has 166 valence electrons. The zero-order valence-electron chi connectivity index (χ0n) is 17.5. The van der Waals surface area contributed by atoms with Crippen LogP contribution in [0.2, 0.25) is 0 Å². The van der Waals surface area contributed by atoms with E-state index in [1.54, 1.807) is 42.5 Å². The zero-order valence-corrected chi connectivity index (χ0v) is 18.4. The number of pyridine rings is 1. The number of nitrogens with two attached hydrogens (primary N) is 1. The maximum atomic E-state index is 13.2. The Kier molecular flexibility index (Phi) is 6.41. The van der Waals surface area contributed by atoms with Crippen LogP contribution in [0.5, 0.6) is 11.6 Å². The smallest absolute Gasteiger partial charge is 0.254 e. The van der Waals surface area contributed by atoms with E-state index in [1.165, 1.54) is 35.7 Å². The number of rotatable bonds is 7. The molecule has 2 aromatic heterocycles. The van der Waals surface area contributed by atoms with Crippen LogP contribution in [0.4, 0.5) is 9.52 Å². The average molecular weight is 463 g/mol. The number of nitrogens with zero attached hydrogens (tertiary/aromatic N) is 2. The third-order valence-electron chi connectivity index (χ3n) is 4.70. The molecule has 7 nitrogen and oxygen atoms in total. The van der Waals surface area contributed by atoms with Crippen LogP contribution in [-0.2, 0) is 11.2 Å². The number of ether oxygens (including phenoxy) is 1. The molecule has 2 heterocycles. The fourth-order valence-corrected chi connectivity index (χ4v) is 3.97. The van der Waals surface area contributed by atoms with Gasteiger partial charge in [0, 0.05) is 16.6 Å². The van der Waals surface area contributed by atoms with Gasteiger partial charge in [-0.15, -0.1) is 11.3 Å². The van der Waals surface area contributed by atoms with Gasteiger partial charge in [-0.25, -0.2) is 14.4 Å². The van der Waals surface area contributed by atoms with Crippen LogP contribution in [0, 0.1) is 12.7 Å². The van der Waals surface area contributed by atoms with E-state index >= 15 is 0 Å². The first kappa shape index (κ1) is 22.1. The molecule has 0 radical (unpaired) electrons. The second-order valence-corrected chi connectivity index (χ2v) is 8.33. The summed E-state index contributed by atoms with van der Waals surface area (Å²) in [5.74, 6) is -0.591. The predicted octanol–water partition coefficient (Wildman–Crippen LogP) is 4.73. The van der Waals surface area contributed by atoms with Crippen molar-refractivity contribution in [1.82, 2.24) is 9.97 Å². The number of hydrogen-bond acceptors (Lipinski definition) is 6. The summed E-state index contributed by atoms with van der Waals surface area (Å²) in [5.41, 5.74) is 7.78. The molecule has 0 bridgehead atoms. The fraction of sp³-hybridized carbons (Fsp3) is 0.0833. The highest BCUT2D eigenvalue weighted by Gasteiger charge is 2.14. The van der Waals surface area contributed by atoms with E-state index in [2.05, 4.69) is 15.3 Å². The van der Waals surface area contributed by atoms with Crippen molar-refractivity contribution in [2.75, 3.05) is 5.32 Å². The molecule has 33 heavy (non-hydrogen) atoms. The maximum Gasteiger partial charge on any atom is 0.254 e. The molecule has 2 amide bonds. The van der Waals surface area contributed by atoms with Crippen molar-refractivity contribution in [2.24, 2.45) is 5.73 Å². The number of nitrogens with one attached hydrogen (secondary N) is 1. The van der Waals surface area contributed by atoms with Gasteiger partial charge in [0.2, 0.25) is 11.8 Å². The Morgan fingerprint density at radius 1 is 1.09 bits per heavy atom. The fourth-order valence-electron chi connectivity index (χ4n) is 3.12. The molecule has 0 unspecified atom stereocenters. The number of carbonyl (C=O) groups is 2. The standard InChI is InChI=1S/C24H19FN4O3S/c1-14-21(16-6-8-17(25)9-7-16)29-24(33-14)28-20(30)13-15-4-10-18(11-5-15)32-23-19(22(26)31)3-2-12-27-23/h2-12H,13H2,1H3,(H2,26,31)(H,28,29,30). The number of amides is 2. The molecule has 0 atom stereocenters. The third-order valence-corrected chi connectivity index (χ3v) is 5.59. The van der Waals surface area contributed by atoms with E-state index in [0.717, 1.165) is 16.0 Å². The van der Waals surface area contributed by atoms with Gasteiger partial charge in [-0.3, -0.25) is 9.59 Å². The Hall–Kier alpha value is -4.11. The molecule has 0 saturated carbocycles. The summed E-state index contributed by atoms with van der Waals surface area (Å²) in [6, 6.07) is 16.1. The minimum atomic E-state index is -0.633. The van der Waals surface area contributed by atoms with Crippen molar-refractivity contribution in [3.05, 3.63) is 88.7 Å². The van der Waals surface area contributed by atoms with E-state index in [-0.39, 0.29) is 29.6 Å². The van der Waals surface area contributed by atoms with Crippen LogP contribution in [-0.4, -0.2) is 21.8 Å². The molecule has 0 aliphatic carbocycles. The summed E-state index contributed by atoms with van der Waals surface area (Å²) in [7, 11) is 0. The molecular formula is C24H19FN4O3S. The topological polar surface area (TPSA) is 107 Å². The molecule has 9 heteroatoms. The number of carbonyl (C=O) groups excluding carboxylic acids is 2. The Morgan fingerprint density at radius 2 is 1.82 bits per heavy atom. The van der Waals surface area contributed by atoms with E-state index in [9.17, 15) is 14.0 Å². The van der Waals surface area contributed by atoms with Crippen molar-refractivity contribution >= 4 is 28.3 Å².